The van der Waals surface area contributed by atoms with Gasteiger partial charge in [-0.2, -0.15) is 0 Å². The predicted molar refractivity (Wildman–Crippen MR) is 115 cm³/mol. The minimum Gasteiger partial charge on any atom is -0.507 e. The van der Waals surface area contributed by atoms with Crippen LogP contribution in [0.3, 0.4) is 0 Å². The third kappa shape index (κ3) is 5.01. The zero-order chi connectivity index (χ0) is 23.4. The van der Waals surface area contributed by atoms with Crippen molar-refractivity contribution >= 4 is 16.9 Å². The Bertz CT molecular complexity index is 1180. The molecule has 3 N–H and O–H groups in total. The first-order valence-corrected chi connectivity index (χ1v) is 9.86. The number of fused-ring (bicyclic) bond motifs is 1. The van der Waals surface area contributed by atoms with Gasteiger partial charge in [-0.1, -0.05) is 13.8 Å². The Hall–Kier alpha value is -3.56. The van der Waals surface area contributed by atoms with Crippen molar-refractivity contribution in [2.24, 2.45) is 5.92 Å². The molecule has 0 radical (unpaired) electrons. The number of hydrogen-bond acceptors (Lipinski definition) is 9. The van der Waals surface area contributed by atoms with Gasteiger partial charge in [0.05, 0.1) is 19.6 Å². The molecule has 0 aliphatic heterocycles. The Morgan fingerprint density at radius 2 is 1.88 bits per heavy atom. The molecule has 3 rings (SSSR count). The molecule has 0 amide bonds. The summed E-state index contributed by atoms with van der Waals surface area (Å²) in [7, 11) is 1.44. The van der Waals surface area contributed by atoms with Gasteiger partial charge in [0.25, 0.3) is 0 Å². The Kier molecular flexibility index (Phi) is 7.01. The molecule has 0 saturated heterocycles. The number of aliphatic hydroxyl groups is 2. The van der Waals surface area contributed by atoms with Crippen molar-refractivity contribution < 1.29 is 38.7 Å². The maximum absolute atomic E-state index is 12.6. The van der Waals surface area contributed by atoms with E-state index in [1.807, 2.05) is 0 Å². The monoisotopic (exact) mass is 444 g/mol. The standard InChI is InChI=1S/C23H24O9/c1-12(2)23(28)32-20-6-13(4-5-18(20)29-3)19-9-17(27)22-16(26)7-15(8-21(22)31-19)30-11-14(25)10-24/h4-9,12,14,24-26H,10-11H2,1-3H3. The molecule has 1 heterocycles. The number of ether oxygens (including phenoxy) is 3. The van der Waals surface area contributed by atoms with E-state index in [9.17, 15) is 19.8 Å². The second kappa shape index (κ2) is 9.71. The van der Waals surface area contributed by atoms with Crippen LogP contribution in [-0.4, -0.2) is 47.7 Å². The van der Waals surface area contributed by atoms with E-state index in [4.69, 9.17) is 23.7 Å². The van der Waals surface area contributed by atoms with E-state index >= 15 is 0 Å². The number of aliphatic hydroxyl groups excluding tert-OH is 2. The van der Waals surface area contributed by atoms with Crippen LogP contribution in [0, 0.1) is 5.92 Å². The summed E-state index contributed by atoms with van der Waals surface area (Å²) in [4.78, 5) is 24.7. The van der Waals surface area contributed by atoms with Crippen LogP contribution < -0.4 is 19.6 Å². The molecule has 0 fully saturated rings. The van der Waals surface area contributed by atoms with Crippen molar-refractivity contribution in [3.8, 4) is 34.3 Å². The Morgan fingerprint density at radius 3 is 2.53 bits per heavy atom. The molecule has 32 heavy (non-hydrogen) atoms. The number of esters is 1. The van der Waals surface area contributed by atoms with Crippen molar-refractivity contribution in [1.29, 1.82) is 0 Å². The number of carbonyl (C=O) groups is 1. The summed E-state index contributed by atoms with van der Waals surface area (Å²) >= 11 is 0. The quantitative estimate of drug-likeness (QED) is 0.354. The molecule has 0 aliphatic carbocycles. The molecular formula is C23H24O9. The van der Waals surface area contributed by atoms with E-state index in [2.05, 4.69) is 0 Å². The van der Waals surface area contributed by atoms with Crippen LogP contribution in [0.15, 0.2) is 45.6 Å². The Morgan fingerprint density at radius 1 is 1.12 bits per heavy atom. The van der Waals surface area contributed by atoms with Crippen LogP contribution in [0.4, 0.5) is 0 Å². The third-order valence-corrected chi connectivity index (χ3v) is 4.57. The number of benzene rings is 2. The van der Waals surface area contributed by atoms with Gasteiger partial charge in [0, 0.05) is 23.8 Å². The fourth-order valence-electron chi connectivity index (χ4n) is 2.85. The Balaban J connectivity index is 2.05. The smallest absolute Gasteiger partial charge is 0.313 e. The Labute approximate surface area is 183 Å². The number of methoxy groups -OCH3 is 1. The number of hydrogen-bond donors (Lipinski definition) is 3. The van der Waals surface area contributed by atoms with Gasteiger partial charge < -0.3 is 33.9 Å². The van der Waals surface area contributed by atoms with Crippen LogP contribution in [0.1, 0.15) is 13.8 Å². The van der Waals surface area contributed by atoms with Gasteiger partial charge in [0.1, 0.15) is 40.9 Å². The van der Waals surface area contributed by atoms with Gasteiger partial charge in [0.2, 0.25) is 0 Å². The lowest BCUT2D eigenvalue weighted by atomic mass is 10.1. The van der Waals surface area contributed by atoms with Crippen LogP contribution in [0.2, 0.25) is 0 Å². The number of phenols is 1. The molecule has 1 aromatic heterocycles. The number of phenolic OH excluding ortho intramolecular Hbond substituents is 1. The lowest BCUT2D eigenvalue weighted by Crippen LogP contribution is -2.21. The normalized spacial score (nSPS) is 12.1. The van der Waals surface area contributed by atoms with E-state index in [1.54, 1.807) is 26.0 Å². The van der Waals surface area contributed by atoms with Crippen molar-refractivity contribution in [1.82, 2.24) is 0 Å². The molecule has 0 saturated carbocycles. The van der Waals surface area contributed by atoms with Crippen LogP contribution in [0.25, 0.3) is 22.3 Å². The molecule has 9 nitrogen and oxygen atoms in total. The highest BCUT2D eigenvalue weighted by Crippen LogP contribution is 2.35. The molecule has 0 spiro atoms. The average molecular weight is 444 g/mol. The molecule has 9 heteroatoms. The van der Waals surface area contributed by atoms with Gasteiger partial charge in [-0.3, -0.25) is 9.59 Å². The molecule has 0 bridgehead atoms. The van der Waals surface area contributed by atoms with Gasteiger partial charge in [-0.15, -0.1) is 0 Å². The summed E-state index contributed by atoms with van der Waals surface area (Å²) in [5.74, 6) is -0.337. The lowest BCUT2D eigenvalue weighted by Gasteiger charge is -2.13. The molecule has 1 unspecified atom stereocenters. The summed E-state index contributed by atoms with van der Waals surface area (Å²) in [6, 6.07) is 8.56. The summed E-state index contributed by atoms with van der Waals surface area (Å²) < 4.78 is 21.8. The van der Waals surface area contributed by atoms with E-state index < -0.39 is 24.1 Å². The molecular weight excluding hydrogens is 420 g/mol. The molecule has 1 atom stereocenters. The van der Waals surface area contributed by atoms with Gasteiger partial charge in [0.15, 0.2) is 16.9 Å². The van der Waals surface area contributed by atoms with Crippen LogP contribution >= 0.6 is 0 Å². The molecule has 2 aromatic carbocycles. The summed E-state index contributed by atoms with van der Waals surface area (Å²) in [5.41, 5.74) is 0.00707. The van der Waals surface area contributed by atoms with Gasteiger partial charge >= 0.3 is 5.97 Å². The molecule has 3 aromatic rings. The van der Waals surface area contributed by atoms with Gasteiger partial charge in [-0.05, 0) is 18.2 Å². The first-order chi connectivity index (χ1) is 15.2. The first-order valence-electron chi connectivity index (χ1n) is 9.86. The minimum absolute atomic E-state index is 0.0382. The second-order valence-corrected chi connectivity index (χ2v) is 7.38. The lowest BCUT2D eigenvalue weighted by molar-refractivity contribution is -0.137. The average Bonchev–Trinajstić information content (AvgIpc) is 2.76. The van der Waals surface area contributed by atoms with Crippen molar-refractivity contribution in [3.05, 3.63) is 46.6 Å². The van der Waals surface area contributed by atoms with E-state index in [0.29, 0.717) is 11.3 Å². The fraction of sp³-hybridized carbons (Fsp3) is 0.304. The maximum Gasteiger partial charge on any atom is 0.313 e. The van der Waals surface area contributed by atoms with Crippen LogP contribution in [-0.2, 0) is 4.79 Å². The van der Waals surface area contributed by atoms with E-state index in [-0.39, 0.29) is 46.5 Å². The highest BCUT2D eigenvalue weighted by atomic mass is 16.6. The molecule has 170 valence electrons. The third-order valence-electron chi connectivity index (χ3n) is 4.57. The number of aromatic hydroxyl groups is 1. The largest absolute Gasteiger partial charge is 0.507 e. The summed E-state index contributed by atoms with van der Waals surface area (Å²) in [6.07, 6.45) is -1.10. The maximum atomic E-state index is 12.6. The second-order valence-electron chi connectivity index (χ2n) is 7.38. The fourth-order valence-corrected chi connectivity index (χ4v) is 2.85. The highest BCUT2D eigenvalue weighted by molar-refractivity contribution is 5.86. The topological polar surface area (TPSA) is 136 Å². The van der Waals surface area contributed by atoms with Gasteiger partial charge in [-0.25, -0.2) is 0 Å². The van der Waals surface area contributed by atoms with Crippen molar-refractivity contribution in [3.63, 3.8) is 0 Å². The number of carbonyl (C=O) groups excluding carboxylic acids is 1. The van der Waals surface area contributed by atoms with Crippen LogP contribution in [0.5, 0.6) is 23.0 Å². The van der Waals surface area contributed by atoms with E-state index in [0.717, 1.165) is 0 Å². The highest BCUT2D eigenvalue weighted by Gasteiger charge is 2.17. The zero-order valence-corrected chi connectivity index (χ0v) is 17.8. The predicted octanol–water partition coefficient (Wildman–Crippen LogP) is 2.47. The molecule has 0 aliphatic rings. The number of rotatable bonds is 8. The minimum atomic E-state index is -1.10. The van der Waals surface area contributed by atoms with E-state index in [1.165, 1.54) is 31.4 Å². The summed E-state index contributed by atoms with van der Waals surface area (Å²) in [5, 5.41) is 28.6. The SMILES string of the molecule is COc1ccc(-c2cc(=O)c3c(O)cc(OCC(O)CO)cc3o2)cc1OC(=O)C(C)C. The van der Waals surface area contributed by atoms with Crippen molar-refractivity contribution in [2.75, 3.05) is 20.3 Å². The summed E-state index contributed by atoms with van der Waals surface area (Å²) in [6.45, 7) is 2.70. The zero-order valence-electron chi connectivity index (χ0n) is 17.8. The van der Waals surface area contributed by atoms with Crippen molar-refractivity contribution in [2.45, 2.75) is 20.0 Å². The first kappa shape index (κ1) is 23.1.